The summed E-state index contributed by atoms with van der Waals surface area (Å²) in [6.07, 6.45) is 3.86. The highest BCUT2D eigenvalue weighted by molar-refractivity contribution is 7.18. The number of likely N-dealkylation sites (N-methyl/N-ethyl adjacent to an activating group) is 1. The summed E-state index contributed by atoms with van der Waals surface area (Å²) in [6.45, 7) is 3.43. The molecule has 5 nitrogen and oxygen atoms in total. The summed E-state index contributed by atoms with van der Waals surface area (Å²) in [5.74, 6) is 0.0318. The van der Waals surface area contributed by atoms with Crippen molar-refractivity contribution in [3.63, 3.8) is 0 Å². The fourth-order valence-corrected chi connectivity index (χ4v) is 4.78. The van der Waals surface area contributed by atoms with Crippen LogP contribution in [0.2, 0.25) is 0 Å². The quantitative estimate of drug-likeness (QED) is 0.675. The number of piperidine rings is 1. The summed E-state index contributed by atoms with van der Waals surface area (Å²) < 4.78 is 1.20. The van der Waals surface area contributed by atoms with Crippen molar-refractivity contribution in [3.05, 3.63) is 53.5 Å². The maximum absolute atomic E-state index is 12.4. The number of anilines is 2. The molecule has 1 saturated heterocycles. The van der Waals surface area contributed by atoms with Gasteiger partial charge in [-0.1, -0.05) is 12.1 Å². The number of hydrogen-bond acceptors (Lipinski definition) is 4. The van der Waals surface area contributed by atoms with Gasteiger partial charge in [0.2, 0.25) is 0 Å². The molecule has 1 aliphatic rings. The second kappa shape index (κ2) is 8.71. The van der Waals surface area contributed by atoms with Gasteiger partial charge in [0, 0.05) is 24.5 Å². The first-order valence-electron chi connectivity index (χ1n) is 9.98. The molecule has 28 heavy (non-hydrogen) atoms. The van der Waals surface area contributed by atoms with E-state index in [1.54, 1.807) is 11.3 Å². The molecule has 0 spiro atoms. The van der Waals surface area contributed by atoms with Crippen LogP contribution in [0.4, 0.5) is 11.4 Å². The smallest absolute Gasteiger partial charge is 0.279 e. The van der Waals surface area contributed by atoms with E-state index >= 15 is 0 Å². The summed E-state index contributed by atoms with van der Waals surface area (Å²) in [6, 6.07) is 16.4. The maximum atomic E-state index is 12.4. The molecule has 1 amide bonds. The number of aromatic nitrogens is 1. The van der Waals surface area contributed by atoms with Crippen LogP contribution in [0.15, 0.2) is 48.5 Å². The zero-order chi connectivity index (χ0) is 19.3. The van der Waals surface area contributed by atoms with Crippen molar-refractivity contribution >= 4 is 38.8 Å². The summed E-state index contributed by atoms with van der Waals surface area (Å²) >= 11 is 1.70. The van der Waals surface area contributed by atoms with Crippen LogP contribution in [0.25, 0.3) is 10.2 Å². The molecule has 146 valence electrons. The van der Waals surface area contributed by atoms with Crippen molar-refractivity contribution in [2.45, 2.75) is 25.8 Å². The minimum absolute atomic E-state index is 0.0318. The maximum Gasteiger partial charge on any atom is 0.279 e. The van der Waals surface area contributed by atoms with Crippen LogP contribution >= 0.6 is 11.3 Å². The monoisotopic (exact) mass is 395 g/mol. The number of benzene rings is 2. The molecule has 0 aliphatic carbocycles. The second-order valence-electron chi connectivity index (χ2n) is 7.53. The van der Waals surface area contributed by atoms with E-state index in [2.05, 4.69) is 33.4 Å². The average molecular weight is 396 g/mol. The highest BCUT2D eigenvalue weighted by atomic mass is 32.1. The Morgan fingerprint density at radius 1 is 1.11 bits per heavy atom. The van der Waals surface area contributed by atoms with E-state index in [-0.39, 0.29) is 5.91 Å². The van der Waals surface area contributed by atoms with Crippen LogP contribution in [0.5, 0.6) is 0 Å². The lowest BCUT2D eigenvalue weighted by Gasteiger charge is -2.28. The summed E-state index contributed by atoms with van der Waals surface area (Å²) in [5.41, 5.74) is 3.14. The number of para-hydroxylation sites is 1. The van der Waals surface area contributed by atoms with E-state index in [1.807, 2.05) is 37.4 Å². The molecule has 0 saturated carbocycles. The number of hydrogen-bond donors (Lipinski definition) is 2. The summed E-state index contributed by atoms with van der Waals surface area (Å²) in [5, 5.41) is 4.09. The van der Waals surface area contributed by atoms with Gasteiger partial charge in [-0.25, -0.2) is 4.98 Å². The van der Waals surface area contributed by atoms with Gasteiger partial charge < -0.3 is 15.1 Å². The number of fused-ring (bicyclic) bond motifs is 1. The molecule has 4 rings (SSSR count). The van der Waals surface area contributed by atoms with Crippen molar-refractivity contribution in [2.24, 2.45) is 0 Å². The average Bonchev–Trinajstić information content (AvgIpc) is 3.11. The van der Waals surface area contributed by atoms with Crippen LogP contribution < -0.4 is 15.1 Å². The summed E-state index contributed by atoms with van der Waals surface area (Å²) in [4.78, 5) is 20.6. The van der Waals surface area contributed by atoms with Gasteiger partial charge in [-0.05, 0) is 55.7 Å². The fourth-order valence-electron chi connectivity index (χ4n) is 3.70. The fraction of sp³-hybridized carbons (Fsp3) is 0.364. The van der Waals surface area contributed by atoms with E-state index in [4.69, 9.17) is 0 Å². The largest absolute Gasteiger partial charge is 0.372 e. The van der Waals surface area contributed by atoms with E-state index in [9.17, 15) is 4.79 Å². The lowest BCUT2D eigenvalue weighted by molar-refractivity contribution is -0.885. The minimum atomic E-state index is 0.0318. The molecule has 1 aliphatic heterocycles. The highest BCUT2D eigenvalue weighted by Gasteiger charge is 2.14. The molecule has 1 unspecified atom stereocenters. The molecule has 3 aromatic rings. The van der Waals surface area contributed by atoms with Crippen LogP contribution in [-0.2, 0) is 11.3 Å². The molecule has 1 aromatic heterocycles. The minimum Gasteiger partial charge on any atom is -0.372 e. The molecule has 0 radical (unpaired) electrons. The van der Waals surface area contributed by atoms with E-state index in [0.29, 0.717) is 6.54 Å². The molecule has 2 N–H and O–H groups in total. The topological polar surface area (TPSA) is 49.7 Å². The van der Waals surface area contributed by atoms with E-state index < -0.39 is 0 Å². The van der Waals surface area contributed by atoms with E-state index in [1.165, 1.54) is 29.6 Å². The van der Waals surface area contributed by atoms with Gasteiger partial charge in [0.05, 0.1) is 17.3 Å². The Morgan fingerprint density at radius 3 is 2.61 bits per heavy atom. The van der Waals surface area contributed by atoms with E-state index in [0.717, 1.165) is 40.7 Å². The molecular weight excluding hydrogens is 368 g/mol. The first-order valence-corrected chi connectivity index (χ1v) is 10.8. The van der Waals surface area contributed by atoms with Gasteiger partial charge in [-0.15, -0.1) is 11.3 Å². The normalized spacial score (nSPS) is 15.5. The molecular formula is C22H27N4OS+. The third-order valence-corrected chi connectivity index (χ3v) is 6.16. The number of carbonyl (C=O) groups is 1. The number of thiazole rings is 1. The molecule has 2 aromatic carbocycles. The number of nitrogens with one attached hydrogen (secondary N) is 2. The Bertz CT molecular complexity index is 898. The molecule has 1 fully saturated rings. The Hall–Kier alpha value is -2.44. The number of rotatable bonds is 6. The zero-order valence-corrected chi connectivity index (χ0v) is 17.1. The molecule has 2 heterocycles. The first-order chi connectivity index (χ1) is 13.7. The number of amides is 1. The zero-order valence-electron chi connectivity index (χ0n) is 16.3. The van der Waals surface area contributed by atoms with Gasteiger partial charge in [0.1, 0.15) is 11.6 Å². The Morgan fingerprint density at radius 2 is 1.86 bits per heavy atom. The van der Waals surface area contributed by atoms with Crippen LogP contribution in [-0.4, -0.2) is 37.6 Å². The first kappa shape index (κ1) is 18.9. The lowest BCUT2D eigenvalue weighted by Crippen LogP contribution is -3.08. The number of carbonyl (C=O) groups excluding carboxylic acids is 1. The molecule has 1 atom stereocenters. The standard InChI is InChI=1S/C22H26N4OS/c1-25(16-22-24-19-7-3-4-8-20(19)28-22)15-21(27)23-17-9-11-18(12-10-17)26-13-5-2-6-14-26/h3-4,7-12H,2,5-6,13-16H2,1H3,(H,23,27)/p+1. The predicted molar refractivity (Wildman–Crippen MR) is 116 cm³/mol. The number of quaternary nitrogens is 1. The van der Waals surface area contributed by atoms with Crippen LogP contribution in [0.1, 0.15) is 24.3 Å². The van der Waals surface area contributed by atoms with Crippen molar-refractivity contribution < 1.29 is 9.69 Å². The lowest BCUT2D eigenvalue weighted by atomic mass is 10.1. The van der Waals surface area contributed by atoms with Gasteiger partial charge in [-0.3, -0.25) is 4.79 Å². The van der Waals surface area contributed by atoms with Crippen molar-refractivity contribution in [2.75, 3.05) is 36.9 Å². The Kier molecular flexibility index (Phi) is 5.88. The highest BCUT2D eigenvalue weighted by Crippen LogP contribution is 2.22. The van der Waals surface area contributed by atoms with Crippen molar-refractivity contribution in [1.82, 2.24) is 4.98 Å². The Balaban J connectivity index is 1.29. The summed E-state index contributed by atoms with van der Waals surface area (Å²) in [7, 11) is 2.03. The molecule has 0 bridgehead atoms. The second-order valence-corrected chi connectivity index (χ2v) is 8.64. The van der Waals surface area contributed by atoms with Gasteiger partial charge >= 0.3 is 0 Å². The van der Waals surface area contributed by atoms with Gasteiger partial charge in [0.15, 0.2) is 6.54 Å². The predicted octanol–water partition coefficient (Wildman–Crippen LogP) is 2.94. The third kappa shape index (κ3) is 4.69. The van der Waals surface area contributed by atoms with Crippen molar-refractivity contribution in [1.29, 1.82) is 0 Å². The van der Waals surface area contributed by atoms with Crippen molar-refractivity contribution in [3.8, 4) is 0 Å². The SMILES string of the molecule is C[NH+](CC(=O)Nc1ccc(N2CCCCC2)cc1)Cc1nc2ccccc2s1. The van der Waals surface area contributed by atoms with Gasteiger partial charge in [-0.2, -0.15) is 0 Å². The van der Waals surface area contributed by atoms with Crippen LogP contribution in [0.3, 0.4) is 0 Å². The molecule has 6 heteroatoms. The third-order valence-electron chi connectivity index (χ3n) is 5.13. The van der Waals surface area contributed by atoms with Gasteiger partial charge in [0.25, 0.3) is 5.91 Å². The van der Waals surface area contributed by atoms with Crippen LogP contribution in [0, 0.1) is 0 Å². The number of nitrogens with zero attached hydrogens (tertiary/aromatic N) is 2. The Labute approximate surface area is 170 Å².